The topological polar surface area (TPSA) is 20.2 Å². The zero-order valence-corrected chi connectivity index (χ0v) is 15.7. The lowest BCUT2D eigenvalue weighted by Crippen LogP contribution is -2.52. The first-order valence-corrected chi connectivity index (χ1v) is 9.60. The third-order valence-corrected chi connectivity index (χ3v) is 5.22. The van der Waals surface area contributed by atoms with Gasteiger partial charge in [0.05, 0.1) is 19.6 Å². The van der Waals surface area contributed by atoms with Crippen LogP contribution < -0.4 is 0 Å². The van der Waals surface area contributed by atoms with Gasteiger partial charge in [-0.1, -0.05) is 45.4 Å². The Balaban J connectivity index is 3.89. The number of aliphatic hydroxyl groups is 1. The van der Waals surface area contributed by atoms with Gasteiger partial charge in [0.15, 0.2) is 0 Å². The molecular formula is C18H39ClNO+. The molecule has 0 heterocycles. The van der Waals surface area contributed by atoms with Gasteiger partial charge in [0, 0.05) is 11.8 Å². The Morgan fingerprint density at radius 3 is 2.00 bits per heavy atom. The maximum absolute atomic E-state index is 9.71. The van der Waals surface area contributed by atoms with E-state index >= 15 is 0 Å². The molecule has 2 unspecified atom stereocenters. The molecule has 0 rings (SSSR count). The predicted molar refractivity (Wildman–Crippen MR) is 95.0 cm³/mol. The Hall–Kier alpha value is 0.210. The van der Waals surface area contributed by atoms with Gasteiger partial charge < -0.3 is 9.59 Å². The molecule has 0 saturated heterocycles. The Morgan fingerprint density at radius 2 is 1.48 bits per heavy atom. The zero-order chi connectivity index (χ0) is 16.1. The van der Waals surface area contributed by atoms with E-state index < -0.39 is 0 Å². The maximum atomic E-state index is 9.71. The van der Waals surface area contributed by atoms with Crippen LogP contribution in [0.2, 0.25) is 0 Å². The van der Waals surface area contributed by atoms with Crippen LogP contribution in [0.15, 0.2) is 0 Å². The first-order valence-electron chi connectivity index (χ1n) is 9.16. The smallest absolute Gasteiger partial charge is 0.105 e. The Kier molecular flexibility index (Phi) is 12.9. The van der Waals surface area contributed by atoms with Gasteiger partial charge in [-0.2, -0.15) is 0 Å². The standard InChI is InChI=1S/C18H39ClNO/c1-5-8-9-10-11-12-13-18(19)14-15-20(6-2,7-3)16-17(4)21/h17-18,21H,5-16H2,1-4H3/q+1. The normalized spacial score (nSPS) is 15.1. The lowest BCUT2D eigenvalue weighted by molar-refractivity contribution is -0.927. The van der Waals surface area contributed by atoms with Crippen LogP contribution in [0.25, 0.3) is 0 Å². The van der Waals surface area contributed by atoms with Crippen LogP contribution in [-0.2, 0) is 0 Å². The van der Waals surface area contributed by atoms with E-state index in [9.17, 15) is 5.11 Å². The summed E-state index contributed by atoms with van der Waals surface area (Å²) in [5.41, 5.74) is 0. The minimum absolute atomic E-state index is 0.225. The Morgan fingerprint density at radius 1 is 0.905 bits per heavy atom. The van der Waals surface area contributed by atoms with Crippen LogP contribution in [0.1, 0.15) is 79.1 Å². The molecule has 2 nitrogen and oxygen atoms in total. The van der Waals surface area contributed by atoms with Crippen molar-refractivity contribution in [3.05, 3.63) is 0 Å². The molecule has 0 aromatic rings. The number of aliphatic hydroxyl groups excluding tert-OH is 1. The molecule has 0 saturated carbocycles. The minimum atomic E-state index is -0.225. The molecule has 0 bridgehead atoms. The summed E-state index contributed by atoms with van der Waals surface area (Å²) in [4.78, 5) is 0. The Bertz CT molecular complexity index is 229. The summed E-state index contributed by atoms with van der Waals surface area (Å²) in [5.74, 6) is 0. The van der Waals surface area contributed by atoms with Gasteiger partial charge in [0.2, 0.25) is 0 Å². The van der Waals surface area contributed by atoms with Crippen molar-refractivity contribution in [2.45, 2.75) is 90.5 Å². The number of rotatable bonds is 14. The molecule has 0 aliphatic carbocycles. The average Bonchev–Trinajstić information content (AvgIpc) is 2.46. The second kappa shape index (κ2) is 12.7. The van der Waals surface area contributed by atoms with Crippen LogP contribution in [0.3, 0.4) is 0 Å². The number of quaternary nitrogens is 1. The van der Waals surface area contributed by atoms with Crippen LogP contribution in [0.4, 0.5) is 0 Å². The van der Waals surface area contributed by atoms with Crippen molar-refractivity contribution in [2.24, 2.45) is 0 Å². The number of alkyl halides is 1. The van der Waals surface area contributed by atoms with E-state index in [4.69, 9.17) is 11.6 Å². The van der Waals surface area contributed by atoms with Gasteiger partial charge in [-0.25, -0.2) is 0 Å². The van der Waals surface area contributed by atoms with Gasteiger partial charge in [-0.15, -0.1) is 11.6 Å². The van der Waals surface area contributed by atoms with Gasteiger partial charge >= 0.3 is 0 Å². The minimum Gasteiger partial charge on any atom is -0.388 e. The lowest BCUT2D eigenvalue weighted by atomic mass is 10.1. The van der Waals surface area contributed by atoms with E-state index in [-0.39, 0.29) is 6.10 Å². The highest BCUT2D eigenvalue weighted by Gasteiger charge is 2.25. The van der Waals surface area contributed by atoms with Gasteiger partial charge in [-0.05, 0) is 27.2 Å². The summed E-state index contributed by atoms with van der Waals surface area (Å²) >= 11 is 6.50. The summed E-state index contributed by atoms with van der Waals surface area (Å²) in [6, 6.07) is 0. The second-order valence-electron chi connectivity index (χ2n) is 6.67. The summed E-state index contributed by atoms with van der Waals surface area (Å²) in [7, 11) is 0. The summed E-state index contributed by atoms with van der Waals surface area (Å²) in [5, 5.41) is 10.0. The quantitative estimate of drug-likeness (QED) is 0.272. The van der Waals surface area contributed by atoms with E-state index in [1.807, 2.05) is 6.92 Å². The number of hydrogen-bond acceptors (Lipinski definition) is 1. The molecular weight excluding hydrogens is 282 g/mol. The van der Waals surface area contributed by atoms with Crippen LogP contribution in [0, 0.1) is 0 Å². The first-order chi connectivity index (χ1) is 9.99. The van der Waals surface area contributed by atoms with E-state index in [0.29, 0.717) is 5.38 Å². The van der Waals surface area contributed by atoms with Crippen LogP contribution in [-0.4, -0.2) is 47.2 Å². The highest BCUT2D eigenvalue weighted by atomic mass is 35.5. The second-order valence-corrected chi connectivity index (χ2v) is 7.29. The molecule has 1 N–H and O–H groups in total. The summed E-state index contributed by atoms with van der Waals surface area (Å²) in [6.45, 7) is 12.7. The van der Waals surface area contributed by atoms with Crippen molar-refractivity contribution in [1.82, 2.24) is 0 Å². The fourth-order valence-electron chi connectivity index (χ4n) is 3.15. The van der Waals surface area contributed by atoms with Crippen LogP contribution in [0.5, 0.6) is 0 Å². The molecule has 3 heteroatoms. The molecule has 0 aliphatic rings. The molecule has 0 spiro atoms. The number of nitrogens with zero attached hydrogens (tertiary/aromatic N) is 1. The monoisotopic (exact) mass is 320 g/mol. The van der Waals surface area contributed by atoms with Crippen molar-refractivity contribution in [2.75, 3.05) is 26.2 Å². The molecule has 0 amide bonds. The molecule has 2 atom stereocenters. The molecule has 0 aliphatic heterocycles. The Labute approximate surface area is 138 Å². The van der Waals surface area contributed by atoms with Crippen molar-refractivity contribution in [3.63, 3.8) is 0 Å². The number of likely N-dealkylation sites (N-methyl/N-ethyl adjacent to an activating group) is 1. The van der Waals surface area contributed by atoms with E-state index in [2.05, 4.69) is 20.8 Å². The van der Waals surface area contributed by atoms with Gasteiger partial charge in [-0.3, -0.25) is 0 Å². The highest BCUT2D eigenvalue weighted by molar-refractivity contribution is 6.20. The first kappa shape index (κ1) is 21.2. The molecule has 128 valence electrons. The van der Waals surface area contributed by atoms with Crippen molar-refractivity contribution in [1.29, 1.82) is 0 Å². The number of halogens is 1. The number of hydrogen-bond donors (Lipinski definition) is 1. The largest absolute Gasteiger partial charge is 0.388 e. The summed E-state index contributed by atoms with van der Waals surface area (Å²) < 4.78 is 0.997. The third-order valence-electron chi connectivity index (χ3n) is 4.78. The van der Waals surface area contributed by atoms with Crippen molar-refractivity contribution >= 4 is 11.6 Å². The van der Waals surface area contributed by atoms with E-state index in [1.54, 1.807) is 0 Å². The molecule has 0 aromatic heterocycles. The summed E-state index contributed by atoms with van der Waals surface area (Å²) in [6.07, 6.45) is 10.0. The van der Waals surface area contributed by atoms with E-state index in [1.165, 1.54) is 38.5 Å². The highest BCUT2D eigenvalue weighted by Crippen LogP contribution is 2.18. The SMILES string of the molecule is CCCCCCCCC(Cl)CC[N+](CC)(CC)CC(C)O. The van der Waals surface area contributed by atoms with Crippen molar-refractivity contribution in [3.8, 4) is 0 Å². The third kappa shape index (κ3) is 10.5. The van der Waals surface area contributed by atoms with Crippen LogP contribution >= 0.6 is 11.6 Å². The maximum Gasteiger partial charge on any atom is 0.105 e. The fraction of sp³-hybridized carbons (Fsp3) is 1.00. The fourth-order valence-corrected chi connectivity index (χ4v) is 3.41. The molecule has 0 radical (unpaired) electrons. The van der Waals surface area contributed by atoms with E-state index in [0.717, 1.165) is 43.5 Å². The van der Waals surface area contributed by atoms with Crippen molar-refractivity contribution < 1.29 is 9.59 Å². The zero-order valence-electron chi connectivity index (χ0n) is 14.9. The molecule has 0 aromatic carbocycles. The molecule has 0 fully saturated rings. The number of unbranched alkanes of at least 4 members (excludes halogenated alkanes) is 5. The van der Waals surface area contributed by atoms with Gasteiger partial charge in [0.25, 0.3) is 0 Å². The van der Waals surface area contributed by atoms with Gasteiger partial charge in [0.1, 0.15) is 12.6 Å². The predicted octanol–water partition coefficient (Wildman–Crippen LogP) is 4.97. The average molecular weight is 321 g/mol. The molecule has 21 heavy (non-hydrogen) atoms. The lowest BCUT2D eigenvalue weighted by Gasteiger charge is -2.38.